The average Bonchev–Trinajstić information content (AvgIpc) is 2.80. The van der Waals surface area contributed by atoms with Crippen LogP contribution in [0.5, 0.6) is 0 Å². The zero-order valence-corrected chi connectivity index (χ0v) is 10.8. The lowest BCUT2D eigenvalue weighted by molar-refractivity contribution is 0.535. The van der Waals surface area contributed by atoms with Crippen molar-refractivity contribution in [2.45, 2.75) is 33.1 Å². The summed E-state index contributed by atoms with van der Waals surface area (Å²) in [6.07, 6.45) is 3.93. The molecule has 92 valence electrons. The van der Waals surface area contributed by atoms with Gasteiger partial charge in [0.2, 0.25) is 0 Å². The van der Waals surface area contributed by atoms with Gasteiger partial charge in [-0.3, -0.25) is 4.68 Å². The quantitative estimate of drug-likeness (QED) is 0.871. The zero-order chi connectivity index (χ0) is 12.4. The van der Waals surface area contributed by atoms with Gasteiger partial charge in [0, 0.05) is 13.6 Å². The Hall–Kier alpha value is -1.50. The fraction of sp³-hybridized carbons (Fsp3) is 0.692. The van der Waals surface area contributed by atoms with Crippen LogP contribution in [0, 0.1) is 30.1 Å². The highest BCUT2D eigenvalue weighted by molar-refractivity contribution is 5.54. The molecule has 0 radical (unpaired) electrons. The third-order valence-corrected chi connectivity index (χ3v) is 3.70. The van der Waals surface area contributed by atoms with Gasteiger partial charge in [0.05, 0.1) is 5.69 Å². The van der Waals surface area contributed by atoms with Crippen molar-refractivity contribution in [3.8, 4) is 6.07 Å². The SMILES string of the molecule is Cc1nn(C)c(NCC2CCC(C)C2)c1C#N. The van der Waals surface area contributed by atoms with Gasteiger partial charge in [0.25, 0.3) is 0 Å². The van der Waals surface area contributed by atoms with Crippen molar-refractivity contribution >= 4 is 5.82 Å². The van der Waals surface area contributed by atoms with Crippen LogP contribution in [-0.2, 0) is 7.05 Å². The van der Waals surface area contributed by atoms with Crippen LogP contribution in [0.4, 0.5) is 5.82 Å². The van der Waals surface area contributed by atoms with Gasteiger partial charge in [-0.15, -0.1) is 0 Å². The third-order valence-electron chi connectivity index (χ3n) is 3.70. The highest BCUT2D eigenvalue weighted by Gasteiger charge is 2.22. The van der Waals surface area contributed by atoms with Crippen molar-refractivity contribution in [1.29, 1.82) is 5.26 Å². The number of anilines is 1. The molecule has 1 aromatic rings. The van der Waals surface area contributed by atoms with Crippen LogP contribution in [0.25, 0.3) is 0 Å². The van der Waals surface area contributed by atoms with Crippen molar-refractivity contribution in [3.63, 3.8) is 0 Å². The minimum absolute atomic E-state index is 0.679. The fourth-order valence-corrected chi connectivity index (χ4v) is 2.75. The van der Waals surface area contributed by atoms with Crippen LogP contribution in [0.1, 0.15) is 37.4 Å². The Morgan fingerprint density at radius 1 is 1.53 bits per heavy atom. The van der Waals surface area contributed by atoms with Crippen molar-refractivity contribution in [3.05, 3.63) is 11.3 Å². The minimum atomic E-state index is 0.679. The van der Waals surface area contributed by atoms with Crippen LogP contribution in [-0.4, -0.2) is 16.3 Å². The van der Waals surface area contributed by atoms with Crippen LogP contribution < -0.4 is 5.32 Å². The van der Waals surface area contributed by atoms with E-state index in [1.54, 1.807) is 4.68 Å². The standard InChI is InChI=1S/C13H20N4/c1-9-4-5-11(6-9)8-15-13-12(7-14)10(2)16-17(13)3/h9,11,15H,4-6,8H2,1-3H3. The monoisotopic (exact) mass is 232 g/mol. The topological polar surface area (TPSA) is 53.6 Å². The van der Waals surface area contributed by atoms with E-state index in [4.69, 9.17) is 5.26 Å². The van der Waals surface area contributed by atoms with E-state index in [-0.39, 0.29) is 0 Å². The second-order valence-electron chi connectivity index (χ2n) is 5.21. The van der Waals surface area contributed by atoms with Gasteiger partial charge in [-0.1, -0.05) is 13.3 Å². The normalized spacial score (nSPS) is 23.6. The van der Waals surface area contributed by atoms with Crippen molar-refractivity contribution < 1.29 is 0 Å². The Morgan fingerprint density at radius 3 is 2.88 bits per heavy atom. The summed E-state index contributed by atoms with van der Waals surface area (Å²) in [7, 11) is 1.88. The number of nitriles is 1. The van der Waals surface area contributed by atoms with Gasteiger partial charge in [0.15, 0.2) is 0 Å². The molecule has 1 N–H and O–H groups in total. The third kappa shape index (κ3) is 2.44. The molecule has 1 aliphatic carbocycles. The van der Waals surface area contributed by atoms with E-state index >= 15 is 0 Å². The second kappa shape index (κ2) is 4.79. The van der Waals surface area contributed by atoms with Gasteiger partial charge < -0.3 is 5.32 Å². The Labute approximate surface area is 103 Å². The van der Waals surface area contributed by atoms with Crippen LogP contribution in [0.2, 0.25) is 0 Å². The molecule has 0 aliphatic heterocycles. The number of aromatic nitrogens is 2. The Balaban J connectivity index is 2.02. The summed E-state index contributed by atoms with van der Waals surface area (Å²) in [5.41, 5.74) is 1.48. The molecule has 2 rings (SSSR count). The molecule has 2 unspecified atom stereocenters. The van der Waals surface area contributed by atoms with E-state index < -0.39 is 0 Å². The molecule has 0 bridgehead atoms. The number of rotatable bonds is 3. The zero-order valence-electron chi connectivity index (χ0n) is 10.8. The molecule has 1 aromatic heterocycles. The predicted octanol–water partition coefficient (Wildman–Crippen LogP) is 2.45. The Kier molecular flexibility index (Phi) is 3.37. The van der Waals surface area contributed by atoms with Crippen LogP contribution in [0.15, 0.2) is 0 Å². The molecular weight excluding hydrogens is 212 g/mol. The second-order valence-corrected chi connectivity index (χ2v) is 5.21. The summed E-state index contributed by atoms with van der Waals surface area (Å²) in [5.74, 6) is 2.46. The molecule has 4 heteroatoms. The van der Waals surface area contributed by atoms with Gasteiger partial charge in [-0.25, -0.2) is 0 Å². The summed E-state index contributed by atoms with van der Waals surface area (Å²) in [6, 6.07) is 2.22. The lowest BCUT2D eigenvalue weighted by Crippen LogP contribution is -2.14. The molecule has 1 aliphatic rings. The summed E-state index contributed by atoms with van der Waals surface area (Å²) < 4.78 is 1.77. The van der Waals surface area contributed by atoms with E-state index in [0.717, 1.165) is 29.9 Å². The first-order valence-corrected chi connectivity index (χ1v) is 6.29. The van der Waals surface area contributed by atoms with E-state index in [2.05, 4.69) is 23.4 Å². The number of hydrogen-bond donors (Lipinski definition) is 1. The molecule has 0 saturated heterocycles. The van der Waals surface area contributed by atoms with Gasteiger partial charge in [0.1, 0.15) is 17.5 Å². The molecule has 1 fully saturated rings. The van der Waals surface area contributed by atoms with Gasteiger partial charge >= 0.3 is 0 Å². The van der Waals surface area contributed by atoms with E-state index in [0.29, 0.717) is 5.56 Å². The maximum Gasteiger partial charge on any atom is 0.142 e. The molecule has 1 heterocycles. The number of hydrogen-bond acceptors (Lipinski definition) is 3. The number of aryl methyl sites for hydroxylation is 2. The predicted molar refractivity (Wildman–Crippen MR) is 67.7 cm³/mol. The van der Waals surface area contributed by atoms with Crippen LogP contribution in [0.3, 0.4) is 0 Å². The summed E-state index contributed by atoms with van der Waals surface area (Å²) in [6.45, 7) is 5.15. The van der Waals surface area contributed by atoms with Gasteiger partial charge in [-0.2, -0.15) is 10.4 Å². The first-order chi connectivity index (χ1) is 8.11. The van der Waals surface area contributed by atoms with Crippen LogP contribution >= 0.6 is 0 Å². The van der Waals surface area contributed by atoms with E-state index in [1.807, 2.05) is 14.0 Å². The molecule has 0 spiro atoms. The van der Waals surface area contributed by atoms with Crippen molar-refractivity contribution in [2.24, 2.45) is 18.9 Å². The molecule has 2 atom stereocenters. The highest BCUT2D eigenvalue weighted by atomic mass is 15.3. The summed E-state index contributed by atoms with van der Waals surface area (Å²) >= 11 is 0. The van der Waals surface area contributed by atoms with Gasteiger partial charge in [-0.05, 0) is 31.6 Å². The molecule has 4 nitrogen and oxygen atoms in total. The highest BCUT2D eigenvalue weighted by Crippen LogP contribution is 2.30. The smallest absolute Gasteiger partial charge is 0.142 e. The van der Waals surface area contributed by atoms with Crippen molar-refractivity contribution in [2.75, 3.05) is 11.9 Å². The molecule has 0 aromatic carbocycles. The van der Waals surface area contributed by atoms with Crippen molar-refractivity contribution in [1.82, 2.24) is 9.78 Å². The first kappa shape index (κ1) is 12.0. The molecule has 1 saturated carbocycles. The summed E-state index contributed by atoms with van der Waals surface area (Å²) in [4.78, 5) is 0. The van der Waals surface area contributed by atoms with E-state index in [9.17, 15) is 0 Å². The Morgan fingerprint density at radius 2 is 2.29 bits per heavy atom. The lowest BCUT2D eigenvalue weighted by atomic mass is 10.1. The summed E-state index contributed by atoms with van der Waals surface area (Å²) in [5, 5.41) is 16.8. The largest absolute Gasteiger partial charge is 0.369 e. The Bertz CT molecular complexity index is 441. The van der Waals surface area contributed by atoms with E-state index in [1.165, 1.54) is 19.3 Å². The molecular formula is C13H20N4. The first-order valence-electron chi connectivity index (χ1n) is 6.29. The molecule has 17 heavy (non-hydrogen) atoms. The number of nitrogens with zero attached hydrogens (tertiary/aromatic N) is 3. The maximum absolute atomic E-state index is 9.10. The lowest BCUT2D eigenvalue weighted by Gasteiger charge is -2.12. The maximum atomic E-state index is 9.10. The minimum Gasteiger partial charge on any atom is -0.369 e. The number of nitrogens with one attached hydrogen (secondary N) is 1. The average molecular weight is 232 g/mol. The molecule has 0 amide bonds. The fourth-order valence-electron chi connectivity index (χ4n) is 2.75.